The van der Waals surface area contributed by atoms with E-state index >= 15 is 0 Å². The third-order valence-corrected chi connectivity index (χ3v) is 1.53. The van der Waals surface area contributed by atoms with Crippen LogP contribution < -0.4 is 10.6 Å². The Balaban J connectivity index is 2.66. The van der Waals surface area contributed by atoms with Gasteiger partial charge in [-0.2, -0.15) is 0 Å². The van der Waals surface area contributed by atoms with Gasteiger partial charge in [-0.1, -0.05) is 0 Å². The Morgan fingerprint density at radius 2 is 2.08 bits per heavy atom. The highest BCUT2D eigenvalue weighted by Crippen LogP contribution is 1.94. The molecule has 3 N–H and O–H groups in total. The van der Waals surface area contributed by atoms with Crippen LogP contribution >= 0.6 is 0 Å². The Morgan fingerprint density at radius 1 is 1.42 bits per heavy atom. The molecule has 2 amide bonds. The molecule has 0 aromatic carbocycles. The molecule has 0 saturated carbocycles. The van der Waals surface area contributed by atoms with Gasteiger partial charge in [0.15, 0.2) is 0 Å². The lowest BCUT2D eigenvalue weighted by atomic mass is 10.2. The first-order chi connectivity index (χ1) is 5.61. The van der Waals surface area contributed by atoms with E-state index in [1.54, 1.807) is 0 Å². The number of carboxylic acid groups (broad SMARTS) is 1. The molecule has 1 atom stereocenters. The van der Waals surface area contributed by atoms with Crippen molar-refractivity contribution in [2.24, 2.45) is 0 Å². The molecule has 1 heterocycles. The quantitative estimate of drug-likeness (QED) is 0.401. The molecule has 66 valence electrons. The van der Waals surface area contributed by atoms with Gasteiger partial charge in [-0.15, -0.1) is 0 Å². The molecule has 0 spiro atoms. The van der Waals surface area contributed by atoms with Crippen molar-refractivity contribution < 1.29 is 19.5 Å². The molecule has 1 aliphatic heterocycles. The molecule has 6 nitrogen and oxygen atoms in total. The van der Waals surface area contributed by atoms with Crippen LogP contribution in [0.2, 0.25) is 0 Å². The lowest BCUT2D eigenvalue weighted by molar-refractivity contribution is -0.143. The van der Waals surface area contributed by atoms with Gasteiger partial charge in [-0.3, -0.25) is 9.59 Å². The highest BCUT2D eigenvalue weighted by molar-refractivity contribution is 6.35. The van der Waals surface area contributed by atoms with E-state index < -0.39 is 23.8 Å². The Labute approximate surface area is 67.9 Å². The molecule has 1 aliphatic rings. The molecule has 1 saturated heterocycles. The average Bonchev–Trinajstić information content (AvgIpc) is 2.15. The van der Waals surface area contributed by atoms with Gasteiger partial charge in [-0.05, 0) is 6.42 Å². The summed E-state index contributed by atoms with van der Waals surface area (Å²) >= 11 is 0. The maximum absolute atomic E-state index is 10.7. The van der Waals surface area contributed by atoms with E-state index in [2.05, 4.69) is 10.6 Å². The van der Waals surface area contributed by atoms with Crippen LogP contribution in [0.1, 0.15) is 6.42 Å². The summed E-state index contributed by atoms with van der Waals surface area (Å²) in [5, 5.41) is 12.9. The van der Waals surface area contributed by atoms with E-state index in [0.29, 0.717) is 0 Å². The molecule has 0 bridgehead atoms. The standard InChI is InChI=1S/C6H8N2O4/c9-4-5(10)8-3(6(11)12)1-2-7-4/h3H,1-2H2,(H,7,9)(H,8,10)(H,11,12). The number of nitrogens with one attached hydrogen (secondary N) is 2. The van der Waals surface area contributed by atoms with E-state index in [9.17, 15) is 14.4 Å². The first kappa shape index (κ1) is 8.51. The Morgan fingerprint density at radius 3 is 2.67 bits per heavy atom. The second kappa shape index (κ2) is 3.21. The van der Waals surface area contributed by atoms with Crippen LogP contribution in [0.5, 0.6) is 0 Å². The van der Waals surface area contributed by atoms with E-state index in [1.807, 2.05) is 0 Å². The SMILES string of the molecule is O=C1NCCC(C(=O)O)NC1=O. The van der Waals surface area contributed by atoms with Gasteiger partial charge in [0, 0.05) is 6.54 Å². The Kier molecular flexibility index (Phi) is 2.27. The highest BCUT2D eigenvalue weighted by atomic mass is 16.4. The molecule has 0 aromatic rings. The summed E-state index contributed by atoms with van der Waals surface area (Å²) < 4.78 is 0. The summed E-state index contributed by atoms with van der Waals surface area (Å²) in [7, 11) is 0. The first-order valence-electron chi connectivity index (χ1n) is 3.43. The predicted octanol–water partition coefficient (Wildman–Crippen LogP) is -1.92. The molecule has 1 rings (SSSR count). The largest absolute Gasteiger partial charge is 0.480 e. The van der Waals surface area contributed by atoms with Crippen molar-refractivity contribution in [3.8, 4) is 0 Å². The van der Waals surface area contributed by atoms with Crippen LogP contribution in [0, 0.1) is 0 Å². The molecule has 1 unspecified atom stereocenters. The number of aliphatic carboxylic acids is 1. The lowest BCUT2D eigenvalue weighted by Gasteiger charge is -2.07. The number of carbonyl (C=O) groups is 3. The van der Waals surface area contributed by atoms with Gasteiger partial charge in [0.1, 0.15) is 6.04 Å². The van der Waals surface area contributed by atoms with E-state index in [4.69, 9.17) is 5.11 Å². The molecule has 12 heavy (non-hydrogen) atoms. The van der Waals surface area contributed by atoms with E-state index in [1.165, 1.54) is 0 Å². The maximum atomic E-state index is 10.7. The Hall–Kier alpha value is -1.59. The number of carboxylic acids is 1. The molecule has 0 aliphatic carbocycles. The minimum Gasteiger partial charge on any atom is -0.480 e. The van der Waals surface area contributed by atoms with Crippen LogP contribution in [0.4, 0.5) is 0 Å². The second-order valence-electron chi connectivity index (χ2n) is 2.41. The molecule has 1 fully saturated rings. The van der Waals surface area contributed by atoms with Gasteiger partial charge in [0.2, 0.25) is 0 Å². The minimum absolute atomic E-state index is 0.203. The second-order valence-corrected chi connectivity index (χ2v) is 2.41. The normalized spacial score (nSPS) is 23.8. The summed E-state index contributed by atoms with van der Waals surface area (Å²) in [4.78, 5) is 31.8. The van der Waals surface area contributed by atoms with Crippen molar-refractivity contribution in [1.82, 2.24) is 10.6 Å². The fourth-order valence-electron chi connectivity index (χ4n) is 0.891. The van der Waals surface area contributed by atoms with Gasteiger partial charge in [0.25, 0.3) is 0 Å². The van der Waals surface area contributed by atoms with Crippen LogP contribution in [0.3, 0.4) is 0 Å². The summed E-state index contributed by atoms with van der Waals surface area (Å²) in [5.41, 5.74) is 0. The molecular weight excluding hydrogens is 164 g/mol. The summed E-state index contributed by atoms with van der Waals surface area (Å²) in [6.07, 6.45) is 0.215. The maximum Gasteiger partial charge on any atom is 0.326 e. The predicted molar refractivity (Wildman–Crippen MR) is 37.2 cm³/mol. The number of hydrogen-bond donors (Lipinski definition) is 3. The van der Waals surface area contributed by atoms with Crippen LogP contribution in [-0.2, 0) is 14.4 Å². The zero-order valence-corrected chi connectivity index (χ0v) is 6.16. The summed E-state index contributed by atoms with van der Waals surface area (Å²) in [6.45, 7) is 0.203. The van der Waals surface area contributed by atoms with Crippen LogP contribution in [0.25, 0.3) is 0 Å². The topological polar surface area (TPSA) is 95.5 Å². The molecular formula is C6H8N2O4. The van der Waals surface area contributed by atoms with Crippen LogP contribution in [-0.4, -0.2) is 35.5 Å². The van der Waals surface area contributed by atoms with Gasteiger partial charge >= 0.3 is 17.8 Å². The van der Waals surface area contributed by atoms with Gasteiger partial charge in [-0.25, -0.2) is 4.79 Å². The fourth-order valence-corrected chi connectivity index (χ4v) is 0.891. The van der Waals surface area contributed by atoms with Gasteiger partial charge in [0.05, 0.1) is 0 Å². The number of amides is 2. The fraction of sp³-hybridized carbons (Fsp3) is 0.500. The van der Waals surface area contributed by atoms with Crippen LogP contribution in [0.15, 0.2) is 0 Å². The monoisotopic (exact) mass is 172 g/mol. The zero-order valence-electron chi connectivity index (χ0n) is 6.16. The van der Waals surface area contributed by atoms with Crippen molar-refractivity contribution in [3.63, 3.8) is 0 Å². The molecule has 6 heteroatoms. The Bertz CT molecular complexity index is 238. The zero-order chi connectivity index (χ0) is 9.14. The first-order valence-corrected chi connectivity index (χ1v) is 3.43. The average molecular weight is 172 g/mol. The van der Waals surface area contributed by atoms with E-state index in [-0.39, 0.29) is 13.0 Å². The number of carbonyl (C=O) groups excluding carboxylic acids is 2. The lowest BCUT2D eigenvalue weighted by Crippen LogP contribution is -2.43. The number of rotatable bonds is 1. The smallest absolute Gasteiger partial charge is 0.326 e. The third kappa shape index (κ3) is 1.71. The third-order valence-electron chi connectivity index (χ3n) is 1.53. The van der Waals surface area contributed by atoms with Crippen molar-refractivity contribution in [2.45, 2.75) is 12.5 Å². The van der Waals surface area contributed by atoms with Gasteiger partial charge < -0.3 is 15.7 Å². The number of hydrogen-bond acceptors (Lipinski definition) is 3. The molecule has 0 radical (unpaired) electrons. The van der Waals surface area contributed by atoms with Crippen molar-refractivity contribution >= 4 is 17.8 Å². The summed E-state index contributed by atoms with van der Waals surface area (Å²) in [5.74, 6) is -2.79. The van der Waals surface area contributed by atoms with Crippen molar-refractivity contribution in [3.05, 3.63) is 0 Å². The van der Waals surface area contributed by atoms with Crippen molar-refractivity contribution in [2.75, 3.05) is 6.54 Å². The van der Waals surface area contributed by atoms with Crippen molar-refractivity contribution in [1.29, 1.82) is 0 Å². The molecule has 0 aromatic heterocycles. The highest BCUT2D eigenvalue weighted by Gasteiger charge is 2.26. The summed E-state index contributed by atoms with van der Waals surface area (Å²) in [6, 6.07) is -0.962. The minimum atomic E-state index is -1.13. The van der Waals surface area contributed by atoms with E-state index in [0.717, 1.165) is 0 Å².